The summed E-state index contributed by atoms with van der Waals surface area (Å²) in [6.07, 6.45) is 3.39. The lowest BCUT2D eigenvalue weighted by Crippen LogP contribution is -2.32. The van der Waals surface area contributed by atoms with Gasteiger partial charge in [-0.05, 0) is 45.1 Å². The van der Waals surface area contributed by atoms with Crippen molar-refractivity contribution < 1.29 is 9.18 Å². The molecule has 0 radical (unpaired) electrons. The fourth-order valence-electron chi connectivity index (χ4n) is 3.05. The summed E-state index contributed by atoms with van der Waals surface area (Å²) in [4.78, 5) is 25.4. The van der Waals surface area contributed by atoms with Gasteiger partial charge in [0.2, 0.25) is 0 Å². The molecule has 1 amide bonds. The van der Waals surface area contributed by atoms with Crippen LogP contribution < -0.4 is 0 Å². The number of aromatic nitrogens is 2. The first-order valence-corrected chi connectivity index (χ1v) is 8.08. The molecule has 1 atom stereocenters. The molecule has 1 aliphatic heterocycles. The Morgan fingerprint density at radius 1 is 1.33 bits per heavy atom. The molecule has 2 heterocycles. The van der Waals surface area contributed by atoms with E-state index in [1.807, 2.05) is 25.1 Å². The average molecular weight is 328 g/mol. The van der Waals surface area contributed by atoms with Gasteiger partial charge in [-0.2, -0.15) is 0 Å². The zero-order valence-corrected chi connectivity index (χ0v) is 13.9. The second-order valence-corrected chi connectivity index (χ2v) is 6.28. The quantitative estimate of drug-likeness (QED) is 0.866. The molecule has 5 nitrogen and oxygen atoms in total. The highest BCUT2D eigenvalue weighted by Gasteiger charge is 2.33. The van der Waals surface area contributed by atoms with Crippen molar-refractivity contribution >= 4 is 5.91 Å². The Bertz CT molecular complexity index is 734. The molecule has 1 fully saturated rings. The lowest BCUT2D eigenvalue weighted by molar-refractivity contribution is 0.0724. The molecule has 1 aromatic heterocycles. The second-order valence-electron chi connectivity index (χ2n) is 6.28. The number of hydrogen-bond donors (Lipinski definition) is 0. The topological polar surface area (TPSA) is 49.3 Å². The lowest BCUT2D eigenvalue weighted by atomic mass is 10.1. The third kappa shape index (κ3) is 3.43. The van der Waals surface area contributed by atoms with Crippen LogP contribution in [0.25, 0.3) is 0 Å². The predicted molar refractivity (Wildman–Crippen MR) is 88.8 cm³/mol. The molecular formula is C18H21FN4O. The Morgan fingerprint density at radius 3 is 2.88 bits per heavy atom. The fraction of sp³-hybridized carbons (Fsp3) is 0.389. The Morgan fingerprint density at radius 2 is 2.12 bits per heavy atom. The van der Waals surface area contributed by atoms with Gasteiger partial charge < -0.3 is 9.80 Å². The number of amides is 1. The second kappa shape index (κ2) is 7.05. The van der Waals surface area contributed by atoms with Crippen LogP contribution in [-0.4, -0.2) is 46.3 Å². The summed E-state index contributed by atoms with van der Waals surface area (Å²) in [5, 5.41) is 0. The van der Waals surface area contributed by atoms with Crippen molar-refractivity contribution in [3.8, 4) is 0 Å². The summed E-state index contributed by atoms with van der Waals surface area (Å²) in [5.41, 5.74) is 1.02. The first-order valence-electron chi connectivity index (χ1n) is 8.08. The molecule has 2 aromatic rings. The van der Waals surface area contributed by atoms with E-state index < -0.39 is 5.82 Å². The fourth-order valence-corrected chi connectivity index (χ4v) is 3.05. The van der Waals surface area contributed by atoms with Crippen LogP contribution in [0.4, 0.5) is 4.39 Å². The van der Waals surface area contributed by atoms with E-state index in [4.69, 9.17) is 0 Å². The van der Waals surface area contributed by atoms with Crippen molar-refractivity contribution in [1.82, 2.24) is 19.8 Å². The molecule has 24 heavy (non-hydrogen) atoms. The summed E-state index contributed by atoms with van der Waals surface area (Å²) in [7, 11) is 3.96. The van der Waals surface area contributed by atoms with Gasteiger partial charge in [-0.3, -0.25) is 4.79 Å². The standard InChI is InChI=1S/C18H21FN4O/c1-22(2)12-13-9-10-20-17(21-13)16-8-5-11-23(16)18(24)14-6-3-4-7-15(14)19/h3-4,6-7,9-10,16H,5,8,11-12H2,1-2H3/t16-/m0/s1. The normalized spacial score (nSPS) is 17.5. The van der Waals surface area contributed by atoms with Crippen LogP contribution in [0.3, 0.4) is 0 Å². The Hall–Kier alpha value is -2.34. The molecular weight excluding hydrogens is 307 g/mol. The van der Waals surface area contributed by atoms with Crippen molar-refractivity contribution in [1.29, 1.82) is 0 Å². The van der Waals surface area contributed by atoms with Crippen molar-refractivity contribution in [3.05, 3.63) is 59.4 Å². The van der Waals surface area contributed by atoms with E-state index >= 15 is 0 Å². The van der Waals surface area contributed by atoms with Crippen LogP contribution in [0.15, 0.2) is 36.5 Å². The zero-order chi connectivity index (χ0) is 17.1. The number of nitrogens with zero attached hydrogens (tertiary/aromatic N) is 4. The highest BCUT2D eigenvalue weighted by atomic mass is 19.1. The van der Waals surface area contributed by atoms with Crippen molar-refractivity contribution in [2.24, 2.45) is 0 Å². The van der Waals surface area contributed by atoms with Crippen LogP contribution in [0.2, 0.25) is 0 Å². The number of carbonyl (C=O) groups is 1. The molecule has 3 rings (SSSR count). The molecule has 1 aliphatic rings. The van der Waals surface area contributed by atoms with E-state index in [9.17, 15) is 9.18 Å². The zero-order valence-electron chi connectivity index (χ0n) is 13.9. The largest absolute Gasteiger partial charge is 0.328 e. The summed E-state index contributed by atoms with van der Waals surface area (Å²) >= 11 is 0. The van der Waals surface area contributed by atoms with Crippen LogP contribution in [0.5, 0.6) is 0 Å². The molecule has 0 aliphatic carbocycles. The van der Waals surface area contributed by atoms with Gasteiger partial charge in [-0.15, -0.1) is 0 Å². The van der Waals surface area contributed by atoms with Crippen molar-refractivity contribution in [2.75, 3.05) is 20.6 Å². The van der Waals surface area contributed by atoms with Gasteiger partial charge in [0.05, 0.1) is 17.3 Å². The number of benzene rings is 1. The van der Waals surface area contributed by atoms with E-state index in [1.54, 1.807) is 23.2 Å². The van der Waals surface area contributed by atoms with E-state index in [2.05, 4.69) is 9.97 Å². The van der Waals surface area contributed by atoms with E-state index in [1.165, 1.54) is 12.1 Å². The van der Waals surface area contributed by atoms with Crippen LogP contribution >= 0.6 is 0 Å². The van der Waals surface area contributed by atoms with Crippen molar-refractivity contribution in [2.45, 2.75) is 25.4 Å². The van der Waals surface area contributed by atoms with Crippen molar-refractivity contribution in [3.63, 3.8) is 0 Å². The third-order valence-corrected chi connectivity index (χ3v) is 4.13. The Labute approximate surface area is 141 Å². The first-order chi connectivity index (χ1) is 11.6. The van der Waals surface area contributed by atoms with Gasteiger partial charge in [-0.1, -0.05) is 12.1 Å². The maximum absolute atomic E-state index is 13.9. The molecule has 0 N–H and O–H groups in total. The van der Waals surface area contributed by atoms with E-state index in [0.29, 0.717) is 18.9 Å². The summed E-state index contributed by atoms with van der Waals surface area (Å²) in [6.45, 7) is 1.31. The SMILES string of the molecule is CN(C)Cc1ccnc([C@@H]2CCCN2C(=O)c2ccccc2F)n1. The molecule has 0 unspecified atom stereocenters. The highest BCUT2D eigenvalue weighted by Crippen LogP contribution is 2.31. The minimum absolute atomic E-state index is 0.105. The number of halogens is 1. The molecule has 0 saturated carbocycles. The summed E-state index contributed by atoms with van der Waals surface area (Å²) in [6, 6.07) is 7.78. The van der Waals surface area contributed by atoms with Gasteiger partial charge in [0.15, 0.2) is 5.82 Å². The molecule has 0 bridgehead atoms. The van der Waals surface area contributed by atoms with Crippen LogP contribution in [0, 0.1) is 5.82 Å². The summed E-state index contributed by atoms with van der Waals surface area (Å²) in [5.74, 6) is -0.149. The number of rotatable bonds is 4. The van der Waals surface area contributed by atoms with Gasteiger partial charge in [0.25, 0.3) is 5.91 Å². The number of hydrogen-bond acceptors (Lipinski definition) is 4. The summed E-state index contributed by atoms with van der Waals surface area (Å²) < 4.78 is 13.9. The first kappa shape index (κ1) is 16.5. The van der Waals surface area contributed by atoms with Gasteiger partial charge in [0, 0.05) is 19.3 Å². The minimum atomic E-state index is -0.490. The highest BCUT2D eigenvalue weighted by molar-refractivity contribution is 5.94. The molecule has 126 valence electrons. The lowest BCUT2D eigenvalue weighted by Gasteiger charge is -2.24. The van der Waals surface area contributed by atoms with Gasteiger partial charge >= 0.3 is 0 Å². The van der Waals surface area contributed by atoms with Crippen LogP contribution in [0.1, 0.15) is 40.8 Å². The molecule has 1 aromatic carbocycles. The molecule has 6 heteroatoms. The third-order valence-electron chi connectivity index (χ3n) is 4.13. The Balaban J connectivity index is 1.86. The maximum Gasteiger partial charge on any atom is 0.257 e. The smallest absolute Gasteiger partial charge is 0.257 e. The van der Waals surface area contributed by atoms with Gasteiger partial charge in [0.1, 0.15) is 5.82 Å². The van der Waals surface area contributed by atoms with E-state index in [0.717, 1.165) is 18.5 Å². The Kier molecular flexibility index (Phi) is 4.85. The van der Waals surface area contributed by atoms with E-state index in [-0.39, 0.29) is 17.5 Å². The predicted octanol–water partition coefficient (Wildman–Crippen LogP) is 2.65. The van der Waals surface area contributed by atoms with Crippen LogP contribution in [-0.2, 0) is 6.54 Å². The average Bonchev–Trinajstić information content (AvgIpc) is 3.04. The molecule has 1 saturated heterocycles. The maximum atomic E-state index is 13.9. The van der Waals surface area contributed by atoms with Gasteiger partial charge in [-0.25, -0.2) is 14.4 Å². The number of carbonyl (C=O) groups excluding carboxylic acids is 1. The minimum Gasteiger partial charge on any atom is -0.328 e. The monoisotopic (exact) mass is 328 g/mol. The number of likely N-dealkylation sites (tertiary alicyclic amines) is 1. The molecule has 0 spiro atoms.